The highest BCUT2D eigenvalue weighted by atomic mass is 19.3. The lowest BCUT2D eigenvalue weighted by molar-refractivity contribution is -0.390. The van der Waals surface area contributed by atoms with E-state index in [1.165, 1.54) is 37.7 Å². The molecular weight excluding hydrogens is 476 g/mol. The zero-order valence-corrected chi connectivity index (χ0v) is 21.8. The van der Waals surface area contributed by atoms with Gasteiger partial charge in [0.15, 0.2) is 0 Å². The van der Waals surface area contributed by atoms with E-state index in [1.54, 1.807) is 0 Å². The minimum atomic E-state index is -2.48. The fourth-order valence-corrected chi connectivity index (χ4v) is 8.60. The van der Waals surface area contributed by atoms with Crippen LogP contribution >= 0.6 is 0 Å². The van der Waals surface area contributed by atoms with Crippen LogP contribution in [0.15, 0.2) is 24.3 Å². The van der Waals surface area contributed by atoms with Crippen LogP contribution in [0.2, 0.25) is 0 Å². The van der Waals surface area contributed by atoms with Crippen molar-refractivity contribution >= 4 is 0 Å². The van der Waals surface area contributed by atoms with Gasteiger partial charge in [-0.15, -0.1) is 0 Å². The standard InChI is InChI=1S/C30H41F2NO4/c31-28(32)10-13-33(14-11-28)12-1-15-34-27-4-2-23(3-5-27)24-6-8-29(9-7-24)35-30(37-36-29)25-17-21-16-22(19-25)20-26(30)18-21/h2-5,21-22,24-26H,1,6-20H2/t21?,22?,24-,25?,26?,29+,30-. The second-order valence-electron chi connectivity index (χ2n) is 12.9. The average Bonchev–Trinajstić information content (AvgIpc) is 3.26. The quantitative estimate of drug-likeness (QED) is 0.311. The first kappa shape index (κ1) is 24.7. The van der Waals surface area contributed by atoms with Crippen LogP contribution < -0.4 is 4.74 Å². The molecule has 2 spiro atoms. The number of hydrogen-bond acceptors (Lipinski definition) is 5. The molecule has 5 saturated carbocycles. The molecule has 7 heteroatoms. The highest BCUT2D eigenvalue weighted by Crippen LogP contribution is 2.64. The third-order valence-electron chi connectivity index (χ3n) is 10.5. The van der Waals surface area contributed by atoms with Crippen LogP contribution in [0.5, 0.6) is 5.75 Å². The first-order chi connectivity index (χ1) is 17.9. The topological polar surface area (TPSA) is 40.2 Å². The van der Waals surface area contributed by atoms with Crippen molar-refractivity contribution in [3.8, 4) is 5.75 Å². The van der Waals surface area contributed by atoms with Gasteiger partial charge in [0, 0.05) is 57.2 Å². The van der Waals surface area contributed by atoms with Gasteiger partial charge in [-0.25, -0.2) is 8.78 Å². The van der Waals surface area contributed by atoms with Crippen molar-refractivity contribution in [3.63, 3.8) is 0 Å². The van der Waals surface area contributed by atoms with Crippen molar-refractivity contribution in [3.05, 3.63) is 29.8 Å². The van der Waals surface area contributed by atoms with Crippen LogP contribution in [0.1, 0.15) is 88.5 Å². The van der Waals surface area contributed by atoms with Crippen LogP contribution in [0.3, 0.4) is 0 Å². The number of likely N-dealkylation sites (tertiary alicyclic amines) is 1. The highest BCUT2D eigenvalue weighted by molar-refractivity contribution is 5.30. The van der Waals surface area contributed by atoms with Gasteiger partial charge in [-0.05, 0) is 86.8 Å². The molecule has 7 fully saturated rings. The molecule has 0 unspecified atom stereocenters. The van der Waals surface area contributed by atoms with E-state index in [1.807, 2.05) is 0 Å². The molecule has 0 amide bonds. The minimum Gasteiger partial charge on any atom is -0.494 e. The van der Waals surface area contributed by atoms with Crippen LogP contribution in [0.4, 0.5) is 8.78 Å². The summed E-state index contributed by atoms with van der Waals surface area (Å²) in [6.45, 7) is 2.39. The van der Waals surface area contributed by atoms with Gasteiger partial charge in [-0.2, -0.15) is 9.78 Å². The SMILES string of the molecule is FC1(F)CCN(CCCOc2ccc([C@H]3CC[C@]4(CC3)OO[C@]3(O4)C4CC5CC(C4)CC3C5)cc2)CC1. The first-order valence-corrected chi connectivity index (χ1v) is 14.8. The molecule has 2 aliphatic heterocycles. The van der Waals surface area contributed by atoms with Gasteiger partial charge >= 0.3 is 0 Å². The predicted molar refractivity (Wildman–Crippen MR) is 134 cm³/mol. The fraction of sp³-hybridized carbons (Fsp3) is 0.800. The average molecular weight is 518 g/mol. The monoisotopic (exact) mass is 517 g/mol. The lowest BCUT2D eigenvalue weighted by Crippen LogP contribution is -2.59. The van der Waals surface area contributed by atoms with E-state index in [9.17, 15) is 8.78 Å². The predicted octanol–water partition coefficient (Wildman–Crippen LogP) is 6.67. The van der Waals surface area contributed by atoms with Gasteiger partial charge in [-0.1, -0.05) is 12.1 Å². The summed E-state index contributed by atoms with van der Waals surface area (Å²) in [6, 6.07) is 8.51. The van der Waals surface area contributed by atoms with Crippen molar-refractivity contribution in [2.24, 2.45) is 23.7 Å². The number of rotatable bonds is 6. The summed E-state index contributed by atoms with van der Waals surface area (Å²) >= 11 is 0. The molecule has 37 heavy (non-hydrogen) atoms. The molecule has 8 rings (SSSR count). The van der Waals surface area contributed by atoms with E-state index < -0.39 is 17.5 Å². The van der Waals surface area contributed by atoms with E-state index in [4.69, 9.17) is 19.2 Å². The summed E-state index contributed by atoms with van der Waals surface area (Å²) in [7, 11) is 0. The van der Waals surface area contributed by atoms with Gasteiger partial charge in [0.25, 0.3) is 5.92 Å². The third kappa shape index (κ3) is 4.72. The second kappa shape index (κ2) is 9.42. The number of ether oxygens (including phenoxy) is 2. The molecule has 0 atom stereocenters. The van der Waals surface area contributed by atoms with Gasteiger partial charge < -0.3 is 14.4 Å². The lowest BCUT2D eigenvalue weighted by atomic mass is 9.53. The Labute approximate surface area is 219 Å². The number of nitrogens with zero attached hydrogens (tertiary/aromatic N) is 1. The molecule has 0 aromatic heterocycles. The molecule has 0 N–H and O–H groups in total. The van der Waals surface area contributed by atoms with Crippen molar-refractivity contribution in [2.45, 2.75) is 100 Å². The van der Waals surface area contributed by atoms with Gasteiger partial charge in [0.2, 0.25) is 11.6 Å². The van der Waals surface area contributed by atoms with Crippen molar-refractivity contribution < 1.29 is 28.0 Å². The summed E-state index contributed by atoms with van der Waals surface area (Å²) in [5.41, 5.74) is 1.35. The molecule has 1 aromatic rings. The van der Waals surface area contributed by atoms with Crippen LogP contribution in [-0.4, -0.2) is 48.6 Å². The maximum absolute atomic E-state index is 13.3. The summed E-state index contributed by atoms with van der Waals surface area (Å²) < 4.78 is 39.4. The Morgan fingerprint density at radius 3 is 2.14 bits per heavy atom. The van der Waals surface area contributed by atoms with E-state index in [-0.39, 0.29) is 12.8 Å². The zero-order chi connectivity index (χ0) is 25.1. The Balaban J connectivity index is 0.876. The smallest absolute Gasteiger partial charge is 0.250 e. The molecule has 2 saturated heterocycles. The van der Waals surface area contributed by atoms with Crippen LogP contribution in [0, 0.1) is 23.7 Å². The Bertz CT molecular complexity index is 923. The minimum absolute atomic E-state index is 0.0222. The molecule has 2 heterocycles. The fourth-order valence-electron chi connectivity index (χ4n) is 8.60. The molecule has 7 aliphatic rings. The van der Waals surface area contributed by atoms with Gasteiger partial charge in [0.1, 0.15) is 5.75 Å². The summed E-state index contributed by atoms with van der Waals surface area (Å²) in [4.78, 5) is 14.4. The molecule has 1 aromatic carbocycles. The van der Waals surface area contributed by atoms with Crippen molar-refractivity contribution in [2.75, 3.05) is 26.2 Å². The number of hydrogen-bond donors (Lipinski definition) is 0. The Kier molecular flexibility index (Phi) is 6.30. The molecule has 0 radical (unpaired) electrons. The lowest BCUT2D eigenvalue weighted by Gasteiger charge is -2.57. The molecular formula is C30H41F2NO4. The largest absolute Gasteiger partial charge is 0.494 e. The zero-order valence-electron chi connectivity index (χ0n) is 21.8. The molecule has 4 bridgehead atoms. The number of alkyl halides is 2. The Morgan fingerprint density at radius 2 is 1.49 bits per heavy atom. The molecule has 204 valence electrons. The summed E-state index contributed by atoms with van der Waals surface area (Å²) in [6.07, 6.45) is 11.1. The maximum atomic E-state index is 13.3. The molecule has 5 aliphatic carbocycles. The van der Waals surface area contributed by atoms with Gasteiger partial charge in [0.05, 0.1) is 6.61 Å². The third-order valence-corrected chi connectivity index (χ3v) is 10.5. The van der Waals surface area contributed by atoms with Gasteiger partial charge in [-0.3, -0.25) is 0 Å². The normalized spacial score (nSPS) is 42.6. The summed E-state index contributed by atoms with van der Waals surface area (Å²) in [5, 5.41) is 0. The highest BCUT2D eigenvalue weighted by Gasteiger charge is 2.66. The van der Waals surface area contributed by atoms with Crippen molar-refractivity contribution in [1.82, 2.24) is 4.90 Å². The van der Waals surface area contributed by atoms with Crippen LogP contribution in [0.25, 0.3) is 0 Å². The second-order valence-corrected chi connectivity index (χ2v) is 12.9. The summed E-state index contributed by atoms with van der Waals surface area (Å²) in [5.74, 6) is 0.652. The van der Waals surface area contributed by atoms with E-state index in [2.05, 4.69) is 29.2 Å². The molecule has 5 nitrogen and oxygen atoms in total. The number of benzene rings is 1. The van der Waals surface area contributed by atoms with Crippen LogP contribution in [-0.2, 0) is 14.5 Å². The maximum Gasteiger partial charge on any atom is 0.250 e. The number of piperidine rings is 1. The Morgan fingerprint density at radius 1 is 0.838 bits per heavy atom. The van der Waals surface area contributed by atoms with E-state index >= 15 is 0 Å². The van der Waals surface area contributed by atoms with E-state index in [0.29, 0.717) is 37.5 Å². The number of halogens is 2. The Hall–Kier alpha value is -1.28. The van der Waals surface area contributed by atoms with E-state index in [0.717, 1.165) is 56.2 Å². The first-order valence-electron chi connectivity index (χ1n) is 14.8. The van der Waals surface area contributed by atoms with Crippen molar-refractivity contribution in [1.29, 1.82) is 0 Å².